The minimum absolute atomic E-state index is 0.363. The van der Waals surface area contributed by atoms with E-state index in [2.05, 4.69) is 11.8 Å². The zero-order valence-corrected chi connectivity index (χ0v) is 8.52. The summed E-state index contributed by atoms with van der Waals surface area (Å²) in [6.45, 7) is 6.38. The van der Waals surface area contributed by atoms with Crippen molar-refractivity contribution in [2.75, 3.05) is 6.61 Å². The molecule has 0 radical (unpaired) electrons. The second kappa shape index (κ2) is 3.51. The summed E-state index contributed by atoms with van der Waals surface area (Å²) >= 11 is 0. The van der Waals surface area contributed by atoms with Crippen LogP contribution >= 0.6 is 0 Å². The van der Waals surface area contributed by atoms with Crippen molar-refractivity contribution in [3.05, 3.63) is 0 Å². The van der Waals surface area contributed by atoms with E-state index >= 15 is 0 Å². The van der Waals surface area contributed by atoms with Crippen LogP contribution in [-0.2, 0) is 9.53 Å². The molecule has 1 rings (SSSR count). The van der Waals surface area contributed by atoms with Crippen LogP contribution in [0.2, 0.25) is 0 Å². The molecule has 1 aliphatic rings. The quantitative estimate of drug-likeness (QED) is 0.478. The van der Waals surface area contributed by atoms with Crippen molar-refractivity contribution in [3.8, 4) is 11.8 Å². The fourth-order valence-electron chi connectivity index (χ4n) is 1.72. The predicted molar refractivity (Wildman–Crippen MR) is 51.2 cm³/mol. The Kier molecular flexibility index (Phi) is 2.77. The SMILES string of the molecule is CC#CCC1(C=O)CCOC1(C)C. The maximum absolute atomic E-state index is 11.1. The molecule has 1 fully saturated rings. The van der Waals surface area contributed by atoms with Crippen molar-refractivity contribution in [2.45, 2.75) is 39.2 Å². The fourth-order valence-corrected chi connectivity index (χ4v) is 1.72. The van der Waals surface area contributed by atoms with Crippen LogP contribution in [0.15, 0.2) is 0 Å². The Balaban J connectivity index is 2.89. The Morgan fingerprint density at radius 3 is 2.62 bits per heavy atom. The van der Waals surface area contributed by atoms with E-state index < -0.39 is 5.41 Å². The van der Waals surface area contributed by atoms with Gasteiger partial charge in [0.25, 0.3) is 0 Å². The molecule has 2 nitrogen and oxygen atoms in total. The second-order valence-electron chi connectivity index (χ2n) is 3.99. The second-order valence-corrected chi connectivity index (χ2v) is 3.99. The lowest BCUT2D eigenvalue weighted by Crippen LogP contribution is -2.40. The van der Waals surface area contributed by atoms with Gasteiger partial charge in [-0.1, -0.05) is 0 Å². The van der Waals surface area contributed by atoms with Crippen molar-refractivity contribution >= 4 is 6.29 Å². The van der Waals surface area contributed by atoms with Gasteiger partial charge in [-0.3, -0.25) is 0 Å². The summed E-state index contributed by atoms with van der Waals surface area (Å²) in [6, 6.07) is 0. The summed E-state index contributed by atoms with van der Waals surface area (Å²) in [4.78, 5) is 11.1. The van der Waals surface area contributed by atoms with Crippen molar-refractivity contribution in [2.24, 2.45) is 5.41 Å². The van der Waals surface area contributed by atoms with Crippen molar-refractivity contribution in [3.63, 3.8) is 0 Å². The normalized spacial score (nSPS) is 30.7. The molecule has 1 unspecified atom stereocenters. The number of carbonyl (C=O) groups excluding carboxylic acids is 1. The smallest absolute Gasteiger partial charge is 0.130 e. The van der Waals surface area contributed by atoms with Crippen LogP contribution in [0, 0.1) is 17.3 Å². The van der Waals surface area contributed by atoms with Gasteiger partial charge in [0.05, 0.1) is 11.0 Å². The van der Waals surface area contributed by atoms with Crippen LogP contribution in [0.4, 0.5) is 0 Å². The van der Waals surface area contributed by atoms with Gasteiger partial charge in [-0.25, -0.2) is 0 Å². The summed E-state index contributed by atoms with van der Waals surface area (Å²) in [5.74, 6) is 5.80. The monoisotopic (exact) mass is 180 g/mol. The minimum atomic E-state index is -0.393. The number of rotatable bonds is 2. The van der Waals surface area contributed by atoms with Crippen LogP contribution in [0.5, 0.6) is 0 Å². The molecule has 0 spiro atoms. The summed E-state index contributed by atoms with van der Waals surface area (Å²) in [5.41, 5.74) is -0.755. The third-order valence-electron chi connectivity index (χ3n) is 3.02. The van der Waals surface area contributed by atoms with Crippen molar-refractivity contribution in [1.29, 1.82) is 0 Å². The molecule has 72 valence electrons. The molecule has 0 aromatic rings. The van der Waals surface area contributed by atoms with Gasteiger partial charge < -0.3 is 9.53 Å². The highest BCUT2D eigenvalue weighted by atomic mass is 16.5. The highest BCUT2D eigenvalue weighted by Crippen LogP contribution is 2.44. The number of hydrogen-bond donors (Lipinski definition) is 0. The number of carbonyl (C=O) groups is 1. The third kappa shape index (κ3) is 1.62. The van der Waals surface area contributed by atoms with Gasteiger partial charge >= 0.3 is 0 Å². The number of aldehydes is 1. The number of ether oxygens (including phenoxy) is 1. The molecule has 1 heterocycles. The third-order valence-corrected chi connectivity index (χ3v) is 3.02. The van der Waals surface area contributed by atoms with Crippen molar-refractivity contribution < 1.29 is 9.53 Å². The minimum Gasteiger partial charge on any atom is -0.374 e. The maximum Gasteiger partial charge on any atom is 0.130 e. The number of hydrogen-bond acceptors (Lipinski definition) is 2. The molecule has 0 bridgehead atoms. The summed E-state index contributed by atoms with van der Waals surface area (Å²) in [5, 5.41) is 0. The van der Waals surface area contributed by atoms with E-state index in [9.17, 15) is 4.79 Å². The van der Waals surface area contributed by atoms with Gasteiger partial charge in [-0.15, -0.1) is 11.8 Å². The molecule has 2 heteroatoms. The van der Waals surface area contributed by atoms with Crippen LogP contribution in [0.25, 0.3) is 0 Å². The first kappa shape index (κ1) is 10.3. The predicted octanol–water partition coefficient (Wildman–Crippen LogP) is 1.78. The molecule has 1 atom stereocenters. The van der Waals surface area contributed by atoms with E-state index in [1.807, 2.05) is 13.8 Å². The molecule has 0 amide bonds. The molecule has 1 saturated heterocycles. The molecular formula is C11H16O2. The molecule has 0 N–H and O–H groups in total. The van der Waals surface area contributed by atoms with E-state index in [1.54, 1.807) is 6.92 Å². The van der Waals surface area contributed by atoms with E-state index in [0.717, 1.165) is 12.7 Å². The van der Waals surface area contributed by atoms with Gasteiger partial charge in [0.2, 0.25) is 0 Å². The first-order valence-corrected chi connectivity index (χ1v) is 4.58. The van der Waals surface area contributed by atoms with Gasteiger partial charge in [0.15, 0.2) is 0 Å². The van der Waals surface area contributed by atoms with E-state index in [1.165, 1.54) is 0 Å². The molecule has 0 aromatic carbocycles. The molecular weight excluding hydrogens is 164 g/mol. The fraction of sp³-hybridized carbons (Fsp3) is 0.727. The summed E-state index contributed by atoms with van der Waals surface area (Å²) < 4.78 is 5.55. The van der Waals surface area contributed by atoms with Crippen LogP contribution in [0.3, 0.4) is 0 Å². The van der Waals surface area contributed by atoms with Crippen molar-refractivity contribution in [1.82, 2.24) is 0 Å². The zero-order valence-electron chi connectivity index (χ0n) is 8.52. The largest absolute Gasteiger partial charge is 0.374 e. The molecule has 0 aromatic heterocycles. The molecule has 0 saturated carbocycles. The lowest BCUT2D eigenvalue weighted by Gasteiger charge is -2.33. The first-order valence-electron chi connectivity index (χ1n) is 4.58. The highest BCUT2D eigenvalue weighted by molar-refractivity contribution is 5.63. The highest BCUT2D eigenvalue weighted by Gasteiger charge is 2.49. The lowest BCUT2D eigenvalue weighted by molar-refractivity contribution is -0.124. The van der Waals surface area contributed by atoms with Crippen LogP contribution in [0.1, 0.15) is 33.6 Å². The Morgan fingerprint density at radius 1 is 1.54 bits per heavy atom. The van der Waals surface area contributed by atoms with E-state index in [4.69, 9.17) is 4.74 Å². The first-order chi connectivity index (χ1) is 6.08. The standard InChI is InChI=1S/C11H16O2/c1-4-5-6-11(9-12)7-8-13-10(11,2)3/h9H,6-8H2,1-3H3. The summed E-state index contributed by atoms with van der Waals surface area (Å²) in [6.07, 6.45) is 2.42. The van der Waals surface area contributed by atoms with Crippen LogP contribution in [-0.4, -0.2) is 18.5 Å². The topological polar surface area (TPSA) is 26.3 Å². The average Bonchev–Trinajstić information content (AvgIpc) is 2.38. The average molecular weight is 180 g/mol. The Bertz CT molecular complexity index is 257. The van der Waals surface area contributed by atoms with Gasteiger partial charge in [0, 0.05) is 13.0 Å². The Labute approximate surface area is 79.7 Å². The van der Waals surface area contributed by atoms with E-state index in [-0.39, 0.29) is 5.60 Å². The van der Waals surface area contributed by atoms with Gasteiger partial charge in [-0.05, 0) is 27.2 Å². The Morgan fingerprint density at radius 2 is 2.23 bits per heavy atom. The maximum atomic E-state index is 11.1. The Hall–Kier alpha value is -0.810. The van der Waals surface area contributed by atoms with Crippen LogP contribution < -0.4 is 0 Å². The lowest BCUT2D eigenvalue weighted by atomic mass is 9.72. The van der Waals surface area contributed by atoms with E-state index in [0.29, 0.717) is 13.0 Å². The van der Waals surface area contributed by atoms with Gasteiger partial charge in [-0.2, -0.15) is 0 Å². The molecule has 1 aliphatic heterocycles. The molecule has 13 heavy (non-hydrogen) atoms. The van der Waals surface area contributed by atoms with Gasteiger partial charge in [0.1, 0.15) is 6.29 Å². The summed E-state index contributed by atoms with van der Waals surface area (Å²) in [7, 11) is 0. The zero-order chi connectivity index (χ0) is 9.95. The molecule has 0 aliphatic carbocycles.